The van der Waals surface area contributed by atoms with Gasteiger partial charge in [-0.15, -0.1) is 0 Å². The molecule has 7 heteroatoms. The van der Waals surface area contributed by atoms with Gasteiger partial charge < -0.3 is 11.1 Å². The molecule has 1 amide bonds. The van der Waals surface area contributed by atoms with Crippen LogP contribution in [0, 0.1) is 12.7 Å². The van der Waals surface area contributed by atoms with Crippen molar-refractivity contribution >= 4 is 17.5 Å². The molecule has 2 rings (SSSR count). The van der Waals surface area contributed by atoms with Crippen LogP contribution in [0.3, 0.4) is 0 Å². The summed E-state index contributed by atoms with van der Waals surface area (Å²) in [6, 6.07) is 7.02. The van der Waals surface area contributed by atoms with Gasteiger partial charge in [-0.2, -0.15) is 0 Å². The van der Waals surface area contributed by atoms with Crippen LogP contribution in [0.1, 0.15) is 5.69 Å². The Labute approximate surface area is 114 Å². The molecule has 0 bridgehead atoms. The standard InChI is InChI=1S/C13H13FN4O2/c1-8-6-12(20)18(13(15)16-8)7-11(19)17-10-5-3-2-4-9(10)14/h2-6H,7H2,1H3,(H2,15,16)(H,17,19). The highest BCUT2D eigenvalue weighted by Gasteiger charge is 2.11. The highest BCUT2D eigenvalue weighted by Crippen LogP contribution is 2.12. The first-order chi connectivity index (χ1) is 9.47. The number of anilines is 2. The topological polar surface area (TPSA) is 90.0 Å². The molecule has 0 spiro atoms. The van der Waals surface area contributed by atoms with Crippen molar-refractivity contribution < 1.29 is 9.18 Å². The molecule has 104 valence electrons. The van der Waals surface area contributed by atoms with Gasteiger partial charge >= 0.3 is 0 Å². The lowest BCUT2D eigenvalue weighted by atomic mass is 10.3. The molecule has 0 saturated carbocycles. The number of carbonyl (C=O) groups excluding carboxylic acids is 1. The second kappa shape index (κ2) is 5.52. The molecule has 0 aliphatic heterocycles. The number of halogens is 1. The maximum absolute atomic E-state index is 13.4. The van der Waals surface area contributed by atoms with E-state index in [0.29, 0.717) is 5.69 Å². The molecule has 0 radical (unpaired) electrons. The lowest BCUT2D eigenvalue weighted by Gasteiger charge is -2.10. The molecule has 0 unspecified atom stereocenters. The van der Waals surface area contributed by atoms with Crippen LogP contribution in [0.5, 0.6) is 0 Å². The van der Waals surface area contributed by atoms with Gasteiger partial charge in [-0.05, 0) is 19.1 Å². The number of nitrogens with one attached hydrogen (secondary N) is 1. The Hall–Kier alpha value is -2.70. The highest BCUT2D eigenvalue weighted by molar-refractivity contribution is 5.90. The molecule has 1 aromatic carbocycles. The number of benzene rings is 1. The molecular formula is C13H13FN4O2. The number of carbonyl (C=O) groups is 1. The summed E-state index contributed by atoms with van der Waals surface area (Å²) < 4.78 is 14.4. The second-order valence-electron chi connectivity index (χ2n) is 4.21. The van der Waals surface area contributed by atoms with Crippen molar-refractivity contribution in [1.82, 2.24) is 9.55 Å². The van der Waals surface area contributed by atoms with Gasteiger partial charge in [0, 0.05) is 11.8 Å². The second-order valence-corrected chi connectivity index (χ2v) is 4.21. The summed E-state index contributed by atoms with van der Waals surface area (Å²) >= 11 is 0. The molecule has 6 nitrogen and oxygen atoms in total. The highest BCUT2D eigenvalue weighted by atomic mass is 19.1. The van der Waals surface area contributed by atoms with Gasteiger partial charge in [0.1, 0.15) is 12.4 Å². The zero-order valence-corrected chi connectivity index (χ0v) is 10.8. The maximum atomic E-state index is 13.4. The van der Waals surface area contributed by atoms with Crippen LogP contribution in [0.2, 0.25) is 0 Å². The Morgan fingerprint density at radius 3 is 2.80 bits per heavy atom. The Balaban J connectivity index is 2.17. The molecule has 1 aromatic heterocycles. The first-order valence-electron chi connectivity index (χ1n) is 5.85. The average molecular weight is 276 g/mol. The number of nitrogens with zero attached hydrogens (tertiary/aromatic N) is 2. The SMILES string of the molecule is Cc1cc(=O)n(CC(=O)Nc2ccccc2F)c(N)n1. The van der Waals surface area contributed by atoms with Crippen molar-refractivity contribution in [3.05, 3.63) is 52.2 Å². The first-order valence-corrected chi connectivity index (χ1v) is 5.85. The van der Waals surface area contributed by atoms with Gasteiger partial charge in [0.15, 0.2) is 0 Å². The molecular weight excluding hydrogens is 263 g/mol. The molecule has 2 aromatic rings. The largest absolute Gasteiger partial charge is 0.369 e. The van der Waals surface area contributed by atoms with E-state index in [-0.39, 0.29) is 18.2 Å². The number of nitrogens with two attached hydrogens (primary N) is 1. The van der Waals surface area contributed by atoms with Gasteiger partial charge in [0.05, 0.1) is 5.69 Å². The lowest BCUT2D eigenvalue weighted by Crippen LogP contribution is -2.30. The minimum absolute atomic E-state index is 0.0455. The third kappa shape index (κ3) is 3.00. The summed E-state index contributed by atoms with van der Waals surface area (Å²) in [7, 11) is 0. The number of nitrogen functional groups attached to an aromatic ring is 1. The summed E-state index contributed by atoms with van der Waals surface area (Å²) in [6.45, 7) is 1.30. The minimum atomic E-state index is -0.561. The third-order valence-corrected chi connectivity index (χ3v) is 2.62. The molecule has 0 saturated heterocycles. The van der Waals surface area contributed by atoms with Crippen LogP contribution in [0.4, 0.5) is 16.0 Å². The Bertz CT molecular complexity index is 712. The summed E-state index contributed by atoms with van der Waals surface area (Å²) in [4.78, 5) is 27.4. The van der Waals surface area contributed by atoms with E-state index in [9.17, 15) is 14.0 Å². The van der Waals surface area contributed by atoms with E-state index >= 15 is 0 Å². The van der Waals surface area contributed by atoms with E-state index in [4.69, 9.17) is 5.73 Å². The number of hydrogen-bond donors (Lipinski definition) is 2. The summed E-state index contributed by atoms with van der Waals surface area (Å²) in [5, 5.41) is 2.37. The van der Waals surface area contributed by atoms with E-state index in [1.165, 1.54) is 24.3 Å². The normalized spacial score (nSPS) is 10.3. The molecule has 1 heterocycles. The van der Waals surface area contributed by atoms with E-state index < -0.39 is 17.3 Å². The van der Waals surface area contributed by atoms with Gasteiger partial charge in [-0.3, -0.25) is 14.2 Å². The van der Waals surface area contributed by atoms with Crippen LogP contribution >= 0.6 is 0 Å². The summed E-state index contributed by atoms with van der Waals surface area (Å²) in [5.41, 5.74) is 5.68. The van der Waals surface area contributed by atoms with Crippen molar-refractivity contribution in [2.75, 3.05) is 11.1 Å². The van der Waals surface area contributed by atoms with Gasteiger partial charge in [-0.1, -0.05) is 12.1 Å². The molecule has 0 aliphatic carbocycles. The van der Waals surface area contributed by atoms with Crippen molar-refractivity contribution in [1.29, 1.82) is 0 Å². The number of hydrogen-bond acceptors (Lipinski definition) is 4. The van der Waals surface area contributed by atoms with Gasteiger partial charge in [-0.25, -0.2) is 9.37 Å². The zero-order chi connectivity index (χ0) is 14.7. The average Bonchev–Trinajstić information content (AvgIpc) is 2.36. The monoisotopic (exact) mass is 276 g/mol. The lowest BCUT2D eigenvalue weighted by molar-refractivity contribution is -0.116. The van der Waals surface area contributed by atoms with Crippen molar-refractivity contribution in [2.24, 2.45) is 0 Å². The quantitative estimate of drug-likeness (QED) is 0.872. The molecule has 0 atom stereocenters. The predicted octanol–water partition coefficient (Wildman–Crippen LogP) is 0.912. The Morgan fingerprint density at radius 2 is 2.15 bits per heavy atom. The van der Waals surface area contributed by atoms with E-state index in [1.807, 2.05) is 0 Å². The Morgan fingerprint density at radius 1 is 1.45 bits per heavy atom. The van der Waals surface area contributed by atoms with Crippen molar-refractivity contribution in [3.63, 3.8) is 0 Å². The first kappa shape index (κ1) is 13.7. The number of aryl methyl sites for hydroxylation is 1. The molecule has 3 N–H and O–H groups in total. The fraction of sp³-hybridized carbons (Fsp3) is 0.154. The Kier molecular flexibility index (Phi) is 3.79. The minimum Gasteiger partial charge on any atom is -0.369 e. The number of para-hydroxylation sites is 1. The number of aromatic nitrogens is 2. The van der Waals surface area contributed by atoms with Crippen LogP contribution < -0.4 is 16.6 Å². The third-order valence-electron chi connectivity index (χ3n) is 2.62. The van der Waals surface area contributed by atoms with E-state index in [2.05, 4.69) is 10.3 Å². The fourth-order valence-electron chi connectivity index (χ4n) is 1.70. The van der Waals surface area contributed by atoms with Crippen LogP contribution in [0.25, 0.3) is 0 Å². The number of amides is 1. The molecule has 0 fully saturated rings. The molecule has 20 heavy (non-hydrogen) atoms. The van der Waals surface area contributed by atoms with Crippen molar-refractivity contribution in [3.8, 4) is 0 Å². The summed E-state index contributed by atoms with van der Waals surface area (Å²) in [6.07, 6.45) is 0. The van der Waals surface area contributed by atoms with E-state index in [1.54, 1.807) is 13.0 Å². The molecule has 0 aliphatic rings. The smallest absolute Gasteiger partial charge is 0.255 e. The predicted molar refractivity (Wildman–Crippen MR) is 72.7 cm³/mol. The maximum Gasteiger partial charge on any atom is 0.255 e. The zero-order valence-electron chi connectivity index (χ0n) is 10.8. The van der Waals surface area contributed by atoms with Gasteiger partial charge in [0.2, 0.25) is 11.9 Å². The van der Waals surface area contributed by atoms with Crippen LogP contribution in [-0.2, 0) is 11.3 Å². The van der Waals surface area contributed by atoms with E-state index in [0.717, 1.165) is 4.57 Å². The van der Waals surface area contributed by atoms with Crippen molar-refractivity contribution in [2.45, 2.75) is 13.5 Å². The van der Waals surface area contributed by atoms with Crippen LogP contribution in [-0.4, -0.2) is 15.5 Å². The van der Waals surface area contributed by atoms with Crippen LogP contribution in [0.15, 0.2) is 35.1 Å². The van der Waals surface area contributed by atoms with Gasteiger partial charge in [0.25, 0.3) is 5.56 Å². The summed E-state index contributed by atoms with van der Waals surface area (Å²) in [5.74, 6) is -1.17. The number of rotatable bonds is 3. The fourth-order valence-corrected chi connectivity index (χ4v) is 1.70.